The van der Waals surface area contributed by atoms with Gasteiger partial charge < -0.3 is 10.5 Å². The monoisotopic (exact) mass is 301 g/mol. The Morgan fingerprint density at radius 3 is 2.81 bits per heavy atom. The summed E-state index contributed by atoms with van der Waals surface area (Å²) in [4.78, 5) is 0. The summed E-state index contributed by atoms with van der Waals surface area (Å²) in [6, 6.07) is 12.5. The van der Waals surface area contributed by atoms with Crippen molar-refractivity contribution >= 4 is 21.4 Å². The summed E-state index contributed by atoms with van der Waals surface area (Å²) in [6.07, 6.45) is 0.585. The first-order valence-corrected chi connectivity index (χ1v) is 7.61. The number of nitrogens with two attached hydrogens (primary N) is 1. The molecule has 3 aromatic rings. The van der Waals surface area contributed by atoms with Crippen LogP contribution in [0.5, 0.6) is 5.75 Å². The fourth-order valence-corrected chi connectivity index (χ4v) is 3.56. The van der Waals surface area contributed by atoms with Gasteiger partial charge in [-0.15, -0.1) is 11.3 Å². The highest BCUT2D eigenvalue weighted by atomic mass is 32.1. The van der Waals surface area contributed by atoms with Crippen molar-refractivity contribution in [2.75, 3.05) is 7.11 Å². The van der Waals surface area contributed by atoms with Crippen LogP contribution in [0.25, 0.3) is 10.1 Å². The zero-order chi connectivity index (χ0) is 14.8. The van der Waals surface area contributed by atoms with Gasteiger partial charge in [0.25, 0.3) is 0 Å². The van der Waals surface area contributed by atoms with Gasteiger partial charge in [-0.1, -0.05) is 24.3 Å². The smallest absolute Gasteiger partial charge is 0.131 e. The Hall–Kier alpha value is -1.91. The predicted octanol–water partition coefficient (Wildman–Crippen LogP) is 4.29. The molecule has 0 aliphatic rings. The molecule has 4 heteroatoms. The standard InChI is InChI=1S/C17H16FNOS/c1-20-15-7-4-6-13(18)17(15)14(19)9-11-10-21-16-8-3-2-5-12(11)16/h2-8,10,14H,9,19H2,1H3. The van der Waals surface area contributed by atoms with Gasteiger partial charge in [0.05, 0.1) is 7.11 Å². The molecule has 2 aromatic carbocycles. The van der Waals surface area contributed by atoms with E-state index in [2.05, 4.69) is 17.5 Å². The highest BCUT2D eigenvalue weighted by Gasteiger charge is 2.18. The van der Waals surface area contributed by atoms with Gasteiger partial charge in [-0.25, -0.2) is 4.39 Å². The Morgan fingerprint density at radius 1 is 1.19 bits per heavy atom. The molecule has 0 saturated heterocycles. The van der Waals surface area contributed by atoms with Crippen LogP contribution >= 0.6 is 11.3 Å². The molecule has 0 aliphatic heterocycles. The van der Waals surface area contributed by atoms with Gasteiger partial charge in [-0.2, -0.15) is 0 Å². The molecule has 0 fully saturated rings. The average Bonchev–Trinajstić information content (AvgIpc) is 2.90. The molecule has 1 atom stereocenters. The topological polar surface area (TPSA) is 35.2 Å². The summed E-state index contributed by atoms with van der Waals surface area (Å²) < 4.78 is 20.5. The average molecular weight is 301 g/mol. The Kier molecular flexibility index (Phi) is 3.90. The summed E-state index contributed by atoms with van der Waals surface area (Å²) in [5, 5.41) is 3.28. The van der Waals surface area contributed by atoms with Crippen LogP contribution in [0, 0.1) is 5.82 Å². The Bertz CT molecular complexity index is 768. The highest BCUT2D eigenvalue weighted by Crippen LogP contribution is 2.32. The molecule has 21 heavy (non-hydrogen) atoms. The molecule has 0 saturated carbocycles. The number of methoxy groups -OCH3 is 1. The second-order valence-corrected chi connectivity index (χ2v) is 5.83. The lowest BCUT2D eigenvalue weighted by Gasteiger charge is -2.16. The lowest BCUT2D eigenvalue weighted by molar-refractivity contribution is 0.399. The van der Waals surface area contributed by atoms with E-state index >= 15 is 0 Å². The van der Waals surface area contributed by atoms with E-state index in [0.29, 0.717) is 17.7 Å². The number of hydrogen-bond donors (Lipinski definition) is 1. The molecule has 1 unspecified atom stereocenters. The second-order valence-electron chi connectivity index (χ2n) is 4.92. The van der Waals surface area contributed by atoms with E-state index in [1.165, 1.54) is 23.3 Å². The number of rotatable bonds is 4. The van der Waals surface area contributed by atoms with Crippen LogP contribution in [0.15, 0.2) is 47.8 Å². The van der Waals surface area contributed by atoms with Gasteiger partial charge in [0.2, 0.25) is 0 Å². The number of thiophene rings is 1. The molecule has 2 N–H and O–H groups in total. The van der Waals surface area contributed by atoms with Gasteiger partial charge in [-0.05, 0) is 40.9 Å². The van der Waals surface area contributed by atoms with Gasteiger partial charge in [0.1, 0.15) is 11.6 Å². The highest BCUT2D eigenvalue weighted by molar-refractivity contribution is 7.17. The first kappa shape index (κ1) is 14.0. The number of fused-ring (bicyclic) bond motifs is 1. The summed E-state index contributed by atoms with van der Waals surface area (Å²) in [7, 11) is 1.53. The van der Waals surface area contributed by atoms with Crippen molar-refractivity contribution in [3.8, 4) is 5.75 Å². The first-order valence-electron chi connectivity index (χ1n) is 6.74. The number of halogens is 1. The quantitative estimate of drug-likeness (QED) is 0.780. The van der Waals surface area contributed by atoms with Gasteiger partial charge in [-0.3, -0.25) is 0 Å². The summed E-state index contributed by atoms with van der Waals surface area (Å²) in [6.45, 7) is 0. The van der Waals surface area contributed by atoms with Crippen molar-refractivity contribution in [1.82, 2.24) is 0 Å². The summed E-state index contributed by atoms with van der Waals surface area (Å²) >= 11 is 1.68. The van der Waals surface area contributed by atoms with Gasteiger partial charge >= 0.3 is 0 Å². The predicted molar refractivity (Wildman–Crippen MR) is 85.4 cm³/mol. The minimum atomic E-state index is -0.431. The van der Waals surface area contributed by atoms with Crippen LogP contribution in [0.4, 0.5) is 4.39 Å². The zero-order valence-electron chi connectivity index (χ0n) is 11.7. The lowest BCUT2D eigenvalue weighted by Crippen LogP contribution is -2.16. The molecule has 3 rings (SSSR count). The van der Waals surface area contributed by atoms with Crippen LogP contribution < -0.4 is 10.5 Å². The number of hydrogen-bond acceptors (Lipinski definition) is 3. The van der Waals surface area contributed by atoms with E-state index in [9.17, 15) is 4.39 Å². The molecule has 0 aliphatic carbocycles. The molecule has 0 spiro atoms. The third-order valence-corrected chi connectivity index (χ3v) is 4.62. The van der Waals surface area contributed by atoms with Gasteiger partial charge in [0.15, 0.2) is 0 Å². The number of ether oxygens (including phenoxy) is 1. The minimum Gasteiger partial charge on any atom is -0.496 e. The van der Waals surface area contributed by atoms with Crippen molar-refractivity contribution in [1.29, 1.82) is 0 Å². The summed E-state index contributed by atoms with van der Waals surface area (Å²) in [5.41, 5.74) is 7.83. The first-order chi connectivity index (χ1) is 10.2. The van der Waals surface area contributed by atoms with Crippen LogP contribution in [0.3, 0.4) is 0 Å². The van der Waals surface area contributed by atoms with Gasteiger partial charge in [0, 0.05) is 16.3 Å². The second kappa shape index (κ2) is 5.84. The third kappa shape index (κ3) is 2.64. The normalized spacial score (nSPS) is 12.5. The van der Waals surface area contributed by atoms with E-state index in [1.807, 2.05) is 12.1 Å². The molecule has 0 radical (unpaired) electrons. The molecular weight excluding hydrogens is 285 g/mol. The van der Waals surface area contributed by atoms with Crippen molar-refractivity contribution in [2.45, 2.75) is 12.5 Å². The van der Waals surface area contributed by atoms with Crippen molar-refractivity contribution in [3.05, 3.63) is 64.8 Å². The van der Waals surface area contributed by atoms with Crippen molar-refractivity contribution < 1.29 is 9.13 Å². The summed E-state index contributed by atoms with van der Waals surface area (Å²) in [5.74, 6) is 0.184. The molecule has 1 heterocycles. The largest absolute Gasteiger partial charge is 0.496 e. The Balaban J connectivity index is 1.95. The van der Waals surface area contributed by atoms with E-state index in [0.717, 1.165) is 5.56 Å². The zero-order valence-corrected chi connectivity index (χ0v) is 12.5. The van der Waals surface area contributed by atoms with E-state index in [-0.39, 0.29) is 5.82 Å². The number of benzene rings is 2. The maximum Gasteiger partial charge on any atom is 0.131 e. The molecule has 2 nitrogen and oxygen atoms in total. The van der Waals surface area contributed by atoms with Crippen LogP contribution in [0.2, 0.25) is 0 Å². The SMILES string of the molecule is COc1cccc(F)c1C(N)Cc1csc2ccccc12. The van der Waals surface area contributed by atoms with E-state index in [4.69, 9.17) is 10.5 Å². The van der Waals surface area contributed by atoms with Crippen molar-refractivity contribution in [3.63, 3.8) is 0 Å². The van der Waals surface area contributed by atoms with Crippen LogP contribution in [-0.4, -0.2) is 7.11 Å². The van der Waals surface area contributed by atoms with E-state index < -0.39 is 6.04 Å². The molecule has 0 bridgehead atoms. The molecule has 1 aromatic heterocycles. The maximum atomic E-state index is 14.1. The molecule has 108 valence electrons. The Morgan fingerprint density at radius 2 is 2.00 bits per heavy atom. The third-order valence-electron chi connectivity index (χ3n) is 3.60. The van der Waals surface area contributed by atoms with Crippen molar-refractivity contribution in [2.24, 2.45) is 5.73 Å². The molecule has 0 amide bonds. The fourth-order valence-electron chi connectivity index (χ4n) is 2.58. The van der Waals surface area contributed by atoms with Crippen LogP contribution in [0.1, 0.15) is 17.2 Å². The fraction of sp³-hybridized carbons (Fsp3) is 0.176. The molecular formula is C17H16FNOS. The lowest BCUT2D eigenvalue weighted by atomic mass is 9.98. The maximum absolute atomic E-state index is 14.1. The van der Waals surface area contributed by atoms with Crippen LogP contribution in [-0.2, 0) is 6.42 Å². The minimum absolute atomic E-state index is 0.318. The van der Waals surface area contributed by atoms with E-state index in [1.54, 1.807) is 23.5 Å². The Labute approximate surface area is 127 Å².